The quantitative estimate of drug-likeness (QED) is 0.589. The van der Waals surface area contributed by atoms with Crippen molar-refractivity contribution in [2.24, 2.45) is 0 Å². The highest BCUT2D eigenvalue weighted by atomic mass is 32.2. The molecule has 0 bridgehead atoms. The number of pyridine rings is 1. The van der Waals surface area contributed by atoms with Gasteiger partial charge in [0, 0.05) is 23.2 Å². The number of carbonyl (C=O) groups excluding carboxylic acids is 2. The number of hydrogen-bond donors (Lipinski definition) is 2. The summed E-state index contributed by atoms with van der Waals surface area (Å²) >= 11 is 0. The zero-order chi connectivity index (χ0) is 24.3. The van der Waals surface area contributed by atoms with Gasteiger partial charge in [-0.1, -0.05) is 18.2 Å². The van der Waals surface area contributed by atoms with Crippen molar-refractivity contribution >= 4 is 38.7 Å². The lowest BCUT2D eigenvalue weighted by atomic mass is 9.79. The van der Waals surface area contributed by atoms with Gasteiger partial charge in [-0.15, -0.1) is 0 Å². The van der Waals surface area contributed by atoms with Gasteiger partial charge in [-0.25, -0.2) is 22.2 Å². The molecule has 2 aromatic heterocycles. The van der Waals surface area contributed by atoms with Crippen molar-refractivity contribution < 1.29 is 22.7 Å². The van der Waals surface area contributed by atoms with E-state index in [0.717, 1.165) is 9.54 Å². The van der Waals surface area contributed by atoms with Crippen molar-refractivity contribution in [2.75, 3.05) is 5.32 Å². The maximum Gasteiger partial charge on any atom is 0.407 e. The molecule has 1 spiro atoms. The third-order valence-corrected chi connectivity index (χ3v) is 8.06. The maximum absolute atomic E-state index is 13.3. The summed E-state index contributed by atoms with van der Waals surface area (Å²) in [7, 11) is -3.86. The highest BCUT2D eigenvalue weighted by Gasteiger charge is 2.53. The molecule has 0 radical (unpaired) electrons. The van der Waals surface area contributed by atoms with Crippen LogP contribution in [-0.4, -0.2) is 41.0 Å². The Morgan fingerprint density at radius 2 is 1.97 bits per heavy atom. The minimum atomic E-state index is -3.86. The Morgan fingerprint density at radius 3 is 2.68 bits per heavy atom. The molecule has 9 nitrogen and oxygen atoms in total. The lowest BCUT2D eigenvalue weighted by Crippen LogP contribution is -2.40. The van der Waals surface area contributed by atoms with Crippen LogP contribution in [0.4, 0.5) is 10.5 Å². The van der Waals surface area contributed by atoms with Crippen molar-refractivity contribution in [1.82, 2.24) is 14.3 Å². The summed E-state index contributed by atoms with van der Waals surface area (Å²) in [4.78, 5) is 30.0. The lowest BCUT2D eigenvalue weighted by molar-refractivity contribution is -0.120. The number of nitrogens with zero attached hydrogens (tertiary/aromatic N) is 2. The Labute approximate surface area is 197 Å². The first-order valence-electron chi connectivity index (χ1n) is 11.1. The first-order chi connectivity index (χ1) is 16.0. The Kier molecular flexibility index (Phi) is 4.98. The van der Waals surface area contributed by atoms with E-state index in [1.54, 1.807) is 45.0 Å². The summed E-state index contributed by atoms with van der Waals surface area (Å²) in [5.41, 5.74) is 0.0759. The van der Waals surface area contributed by atoms with E-state index in [2.05, 4.69) is 15.6 Å². The van der Waals surface area contributed by atoms with Crippen LogP contribution < -0.4 is 10.6 Å². The van der Waals surface area contributed by atoms with Crippen LogP contribution >= 0.6 is 0 Å². The number of carbonyl (C=O) groups is 2. The van der Waals surface area contributed by atoms with E-state index in [1.165, 1.54) is 24.5 Å². The smallest absolute Gasteiger partial charge is 0.407 e. The predicted octanol–water partition coefficient (Wildman–Crippen LogP) is 3.54. The van der Waals surface area contributed by atoms with Gasteiger partial charge in [0.1, 0.15) is 5.60 Å². The molecule has 1 aliphatic heterocycles. The number of ether oxygens (including phenoxy) is 1. The van der Waals surface area contributed by atoms with Crippen LogP contribution in [0, 0.1) is 0 Å². The van der Waals surface area contributed by atoms with E-state index in [-0.39, 0.29) is 22.5 Å². The molecule has 0 saturated heterocycles. The second kappa shape index (κ2) is 7.56. The number of rotatable bonds is 3. The van der Waals surface area contributed by atoms with E-state index >= 15 is 0 Å². The van der Waals surface area contributed by atoms with Gasteiger partial charge in [0.15, 0.2) is 5.65 Å². The van der Waals surface area contributed by atoms with Crippen LogP contribution in [0.2, 0.25) is 0 Å². The van der Waals surface area contributed by atoms with Gasteiger partial charge >= 0.3 is 6.09 Å². The number of anilines is 1. The highest BCUT2D eigenvalue weighted by molar-refractivity contribution is 7.90. The van der Waals surface area contributed by atoms with Crippen LogP contribution in [0.25, 0.3) is 11.0 Å². The number of amides is 2. The summed E-state index contributed by atoms with van der Waals surface area (Å²) < 4.78 is 33.0. The fourth-order valence-electron chi connectivity index (χ4n) is 5.00. The van der Waals surface area contributed by atoms with Crippen LogP contribution in [0.5, 0.6) is 0 Å². The molecule has 2 N–H and O–H groups in total. The molecule has 2 amide bonds. The molecule has 5 rings (SSSR count). The SMILES string of the molecule is CC(C)(C)OC(=O)N[C@H]1CC[C@@]2(C1)C(=O)Nc1cnc3c(ccn3S(=O)(=O)c3ccccc3)c12. The molecule has 3 heterocycles. The Morgan fingerprint density at radius 1 is 1.24 bits per heavy atom. The molecule has 2 aliphatic rings. The second-order valence-electron chi connectivity index (χ2n) is 9.84. The predicted molar refractivity (Wildman–Crippen MR) is 126 cm³/mol. The van der Waals surface area contributed by atoms with Gasteiger partial charge in [-0.2, -0.15) is 0 Å². The van der Waals surface area contributed by atoms with Gasteiger partial charge in [0.25, 0.3) is 10.0 Å². The van der Waals surface area contributed by atoms with E-state index in [9.17, 15) is 18.0 Å². The van der Waals surface area contributed by atoms with Crippen molar-refractivity contribution in [3.63, 3.8) is 0 Å². The van der Waals surface area contributed by atoms with E-state index in [4.69, 9.17) is 4.74 Å². The zero-order valence-electron chi connectivity index (χ0n) is 19.2. The molecule has 34 heavy (non-hydrogen) atoms. The van der Waals surface area contributed by atoms with Crippen LogP contribution in [0.1, 0.15) is 45.6 Å². The minimum Gasteiger partial charge on any atom is -0.444 e. The Balaban J connectivity index is 1.52. The third-order valence-electron chi connectivity index (χ3n) is 6.38. The Hall–Kier alpha value is -3.40. The largest absolute Gasteiger partial charge is 0.444 e. The number of fused-ring (bicyclic) bond motifs is 4. The minimum absolute atomic E-state index is 0.154. The average Bonchev–Trinajstić information content (AvgIpc) is 3.44. The summed E-state index contributed by atoms with van der Waals surface area (Å²) in [6, 6.07) is 9.59. The first kappa shape index (κ1) is 22.4. The van der Waals surface area contributed by atoms with Gasteiger partial charge in [-0.3, -0.25) is 4.79 Å². The van der Waals surface area contributed by atoms with Crippen LogP contribution in [0.15, 0.2) is 53.7 Å². The number of hydrogen-bond acceptors (Lipinski definition) is 6. The van der Waals surface area contributed by atoms with Crippen molar-refractivity contribution in [3.8, 4) is 0 Å². The number of aromatic nitrogens is 2. The molecule has 1 aromatic carbocycles. The van der Waals surface area contributed by atoms with Gasteiger partial charge in [0.2, 0.25) is 5.91 Å². The molecule has 2 atom stereocenters. The molecule has 0 unspecified atom stereocenters. The lowest BCUT2D eigenvalue weighted by Gasteiger charge is -2.24. The van der Waals surface area contributed by atoms with Crippen molar-refractivity contribution in [1.29, 1.82) is 0 Å². The average molecular weight is 483 g/mol. The molecule has 3 aromatic rings. The monoisotopic (exact) mass is 482 g/mol. The summed E-state index contributed by atoms with van der Waals surface area (Å²) in [5, 5.41) is 6.39. The molecular formula is C24H26N4O5S. The molecule has 1 fully saturated rings. The molecule has 1 saturated carbocycles. The fraction of sp³-hybridized carbons (Fsp3) is 0.375. The second-order valence-corrected chi connectivity index (χ2v) is 11.7. The third kappa shape index (κ3) is 3.53. The Bertz CT molecular complexity index is 1410. The summed E-state index contributed by atoms with van der Waals surface area (Å²) in [6.45, 7) is 5.38. The normalized spacial score (nSPS) is 22.1. The van der Waals surface area contributed by atoms with Crippen LogP contribution in [0.3, 0.4) is 0 Å². The molecule has 178 valence electrons. The standard InChI is InChI=1S/C24H26N4O5S/c1-23(2,3)33-22(30)26-15-9-11-24(13-15)19-17-10-12-28(20(17)25-14-18(19)27-21(24)29)34(31,32)16-7-5-4-6-8-16/h4-8,10,12,14-15H,9,11,13H2,1-3H3,(H,26,30)(H,27,29)/t15-,24-/m0/s1. The first-order valence-corrected chi connectivity index (χ1v) is 12.6. The highest BCUT2D eigenvalue weighted by Crippen LogP contribution is 2.51. The number of alkyl carbamates (subject to hydrolysis) is 1. The van der Waals surface area contributed by atoms with Crippen molar-refractivity contribution in [3.05, 3.63) is 54.4 Å². The molecule has 1 aliphatic carbocycles. The number of nitrogens with one attached hydrogen (secondary N) is 2. The van der Waals surface area contributed by atoms with Gasteiger partial charge < -0.3 is 15.4 Å². The summed E-state index contributed by atoms with van der Waals surface area (Å²) in [6.07, 6.45) is 3.97. The topological polar surface area (TPSA) is 119 Å². The molecule has 10 heteroatoms. The maximum atomic E-state index is 13.3. The van der Waals surface area contributed by atoms with E-state index in [1.807, 2.05) is 0 Å². The number of benzene rings is 1. The van der Waals surface area contributed by atoms with Gasteiger partial charge in [-0.05, 0) is 58.2 Å². The molecular weight excluding hydrogens is 456 g/mol. The fourth-order valence-corrected chi connectivity index (χ4v) is 6.33. The summed E-state index contributed by atoms with van der Waals surface area (Å²) in [5.74, 6) is -0.163. The van der Waals surface area contributed by atoms with Gasteiger partial charge in [0.05, 0.1) is 22.2 Å². The zero-order valence-corrected chi connectivity index (χ0v) is 20.0. The van der Waals surface area contributed by atoms with E-state index < -0.39 is 27.1 Å². The van der Waals surface area contributed by atoms with Crippen LogP contribution in [-0.2, 0) is 25.0 Å². The van der Waals surface area contributed by atoms with Crippen molar-refractivity contribution in [2.45, 2.75) is 62.0 Å². The van der Waals surface area contributed by atoms with E-state index in [0.29, 0.717) is 30.3 Å².